The highest BCUT2D eigenvalue weighted by Crippen LogP contribution is 2.30. The maximum Gasteiger partial charge on any atom is 0.309 e. The zero-order valence-electron chi connectivity index (χ0n) is 16.4. The van der Waals surface area contributed by atoms with Gasteiger partial charge in [0.25, 0.3) is 0 Å². The van der Waals surface area contributed by atoms with E-state index in [0.29, 0.717) is 24.7 Å². The molecule has 0 atom stereocenters. The van der Waals surface area contributed by atoms with E-state index in [2.05, 4.69) is 4.74 Å². The molecule has 0 saturated carbocycles. The van der Waals surface area contributed by atoms with E-state index in [1.54, 1.807) is 6.08 Å². The van der Waals surface area contributed by atoms with Crippen molar-refractivity contribution in [3.63, 3.8) is 0 Å². The molecule has 0 aromatic heterocycles. The summed E-state index contributed by atoms with van der Waals surface area (Å²) in [5, 5.41) is 0. The van der Waals surface area contributed by atoms with Crippen LogP contribution in [0.4, 0.5) is 0 Å². The molecule has 0 spiro atoms. The minimum absolute atomic E-state index is 0.225. The van der Waals surface area contributed by atoms with E-state index in [-0.39, 0.29) is 12.4 Å². The molecule has 0 amide bonds. The number of carbonyl (C=O) groups excluding carboxylic acids is 1. The maximum atomic E-state index is 11.3. The first kappa shape index (κ1) is 20.2. The molecule has 0 fully saturated rings. The van der Waals surface area contributed by atoms with Crippen molar-refractivity contribution in [3.8, 4) is 11.5 Å². The van der Waals surface area contributed by atoms with Crippen LogP contribution >= 0.6 is 0 Å². The van der Waals surface area contributed by atoms with E-state index in [1.807, 2.05) is 84.9 Å². The fourth-order valence-electron chi connectivity index (χ4n) is 2.71. The summed E-state index contributed by atoms with van der Waals surface area (Å²) in [6.45, 7) is 0.901. The zero-order valence-corrected chi connectivity index (χ0v) is 16.4. The molecule has 0 N–H and O–H groups in total. The van der Waals surface area contributed by atoms with Gasteiger partial charge in [-0.25, -0.2) is 0 Å². The molecular weight excluding hydrogens is 364 g/mol. The zero-order chi connectivity index (χ0) is 20.3. The summed E-state index contributed by atoms with van der Waals surface area (Å²) in [7, 11) is 1.38. The maximum absolute atomic E-state index is 11.3. The van der Waals surface area contributed by atoms with Crippen LogP contribution < -0.4 is 9.47 Å². The van der Waals surface area contributed by atoms with Crippen molar-refractivity contribution in [2.75, 3.05) is 7.11 Å². The number of rotatable bonds is 9. The predicted molar refractivity (Wildman–Crippen MR) is 114 cm³/mol. The van der Waals surface area contributed by atoms with Gasteiger partial charge >= 0.3 is 5.97 Å². The van der Waals surface area contributed by atoms with Crippen LogP contribution in [-0.4, -0.2) is 13.1 Å². The van der Waals surface area contributed by atoms with Crippen molar-refractivity contribution >= 4 is 12.0 Å². The Balaban J connectivity index is 1.74. The lowest BCUT2D eigenvalue weighted by Crippen LogP contribution is -2.01. The highest BCUT2D eigenvalue weighted by Gasteiger charge is 2.08. The molecule has 148 valence electrons. The lowest BCUT2D eigenvalue weighted by atomic mass is 10.1. The van der Waals surface area contributed by atoms with Gasteiger partial charge in [0.05, 0.1) is 13.5 Å². The number of ether oxygens (including phenoxy) is 3. The predicted octanol–water partition coefficient (Wildman–Crippen LogP) is 5.42. The first-order valence-electron chi connectivity index (χ1n) is 9.45. The third-order valence-corrected chi connectivity index (χ3v) is 4.26. The van der Waals surface area contributed by atoms with Gasteiger partial charge in [-0.2, -0.15) is 0 Å². The fourth-order valence-corrected chi connectivity index (χ4v) is 2.71. The topological polar surface area (TPSA) is 44.8 Å². The lowest BCUT2D eigenvalue weighted by molar-refractivity contribution is -0.139. The molecule has 0 saturated heterocycles. The van der Waals surface area contributed by atoms with Gasteiger partial charge in [0, 0.05) is 0 Å². The molecular formula is C25H24O4. The Kier molecular flexibility index (Phi) is 7.47. The number of hydrogen-bond donors (Lipinski definition) is 0. The molecule has 0 heterocycles. The largest absolute Gasteiger partial charge is 0.485 e. The van der Waals surface area contributed by atoms with Crippen molar-refractivity contribution < 1.29 is 19.0 Å². The van der Waals surface area contributed by atoms with Crippen LogP contribution in [0.3, 0.4) is 0 Å². The Hall–Kier alpha value is -3.53. The summed E-state index contributed by atoms with van der Waals surface area (Å²) in [4.78, 5) is 11.3. The molecule has 3 aromatic carbocycles. The highest BCUT2D eigenvalue weighted by molar-refractivity contribution is 5.72. The van der Waals surface area contributed by atoms with Crippen LogP contribution in [-0.2, 0) is 22.7 Å². The number of carbonyl (C=O) groups is 1. The standard InChI is InChI=1S/C25H24O4/c1-27-25(26)14-8-13-20-15-16-23(28-18-21-9-4-2-5-10-21)24(17-20)29-19-22-11-6-3-7-12-22/h2-13,15-17H,14,18-19H2,1H3/b13-8+. The Morgan fingerprint density at radius 3 is 1.97 bits per heavy atom. The van der Waals surface area contributed by atoms with Crippen molar-refractivity contribution in [2.45, 2.75) is 19.6 Å². The summed E-state index contributed by atoms with van der Waals surface area (Å²) in [5.41, 5.74) is 3.08. The average molecular weight is 388 g/mol. The SMILES string of the molecule is COC(=O)C/C=C/c1ccc(OCc2ccccc2)c(OCc2ccccc2)c1. The molecule has 0 radical (unpaired) electrons. The molecule has 0 bridgehead atoms. The van der Waals surface area contributed by atoms with E-state index in [4.69, 9.17) is 9.47 Å². The quantitative estimate of drug-likeness (QED) is 0.459. The van der Waals surface area contributed by atoms with Crippen LogP contribution in [0.2, 0.25) is 0 Å². The lowest BCUT2D eigenvalue weighted by Gasteiger charge is -2.14. The molecule has 29 heavy (non-hydrogen) atoms. The average Bonchev–Trinajstić information content (AvgIpc) is 2.78. The molecule has 3 rings (SSSR count). The Bertz CT molecular complexity index is 934. The van der Waals surface area contributed by atoms with E-state index < -0.39 is 0 Å². The number of hydrogen-bond acceptors (Lipinski definition) is 4. The van der Waals surface area contributed by atoms with Gasteiger partial charge in [-0.05, 0) is 28.8 Å². The van der Waals surface area contributed by atoms with Crippen LogP contribution in [0, 0.1) is 0 Å². The van der Waals surface area contributed by atoms with E-state index in [1.165, 1.54) is 7.11 Å². The second-order valence-electron chi connectivity index (χ2n) is 6.44. The van der Waals surface area contributed by atoms with Crippen LogP contribution in [0.1, 0.15) is 23.1 Å². The van der Waals surface area contributed by atoms with Crippen LogP contribution in [0.15, 0.2) is 84.9 Å². The molecule has 4 heteroatoms. The summed E-state index contributed by atoms with van der Waals surface area (Å²) in [6.07, 6.45) is 3.86. The van der Waals surface area contributed by atoms with Crippen molar-refractivity contribution in [3.05, 3.63) is 102 Å². The highest BCUT2D eigenvalue weighted by atomic mass is 16.5. The van der Waals surface area contributed by atoms with Gasteiger partial charge in [0.2, 0.25) is 0 Å². The number of methoxy groups -OCH3 is 1. The van der Waals surface area contributed by atoms with E-state index in [0.717, 1.165) is 16.7 Å². The van der Waals surface area contributed by atoms with Gasteiger partial charge in [0.15, 0.2) is 11.5 Å². The fraction of sp³-hybridized carbons (Fsp3) is 0.160. The van der Waals surface area contributed by atoms with E-state index in [9.17, 15) is 4.79 Å². The molecule has 0 unspecified atom stereocenters. The third kappa shape index (κ3) is 6.54. The first-order chi connectivity index (χ1) is 14.2. The molecule has 0 aliphatic rings. The summed E-state index contributed by atoms with van der Waals surface area (Å²) < 4.78 is 16.7. The summed E-state index contributed by atoms with van der Waals surface area (Å²) >= 11 is 0. The second kappa shape index (κ2) is 10.7. The normalized spacial score (nSPS) is 10.7. The monoisotopic (exact) mass is 388 g/mol. The second-order valence-corrected chi connectivity index (χ2v) is 6.44. The minimum atomic E-state index is -0.274. The molecule has 4 nitrogen and oxygen atoms in total. The number of benzene rings is 3. The molecule has 0 aliphatic heterocycles. The van der Waals surface area contributed by atoms with Crippen LogP contribution in [0.25, 0.3) is 6.08 Å². The Morgan fingerprint density at radius 1 is 0.793 bits per heavy atom. The van der Waals surface area contributed by atoms with Crippen molar-refractivity contribution in [2.24, 2.45) is 0 Å². The Morgan fingerprint density at radius 2 is 1.38 bits per heavy atom. The summed E-state index contributed by atoms with van der Waals surface area (Å²) in [5.74, 6) is 1.06. The Labute approximate surface area is 171 Å². The van der Waals surface area contributed by atoms with Gasteiger partial charge in [-0.1, -0.05) is 78.9 Å². The van der Waals surface area contributed by atoms with Gasteiger partial charge in [-0.3, -0.25) is 4.79 Å². The van der Waals surface area contributed by atoms with E-state index >= 15 is 0 Å². The molecule has 3 aromatic rings. The van der Waals surface area contributed by atoms with Crippen LogP contribution in [0.5, 0.6) is 11.5 Å². The smallest absolute Gasteiger partial charge is 0.309 e. The summed E-state index contributed by atoms with van der Waals surface area (Å²) in [6, 6.07) is 25.7. The van der Waals surface area contributed by atoms with Gasteiger partial charge < -0.3 is 14.2 Å². The van der Waals surface area contributed by atoms with Crippen molar-refractivity contribution in [1.82, 2.24) is 0 Å². The first-order valence-corrected chi connectivity index (χ1v) is 9.45. The van der Waals surface area contributed by atoms with Gasteiger partial charge in [0.1, 0.15) is 13.2 Å². The minimum Gasteiger partial charge on any atom is -0.485 e. The number of esters is 1. The third-order valence-electron chi connectivity index (χ3n) is 4.26. The molecule has 0 aliphatic carbocycles. The van der Waals surface area contributed by atoms with Crippen molar-refractivity contribution in [1.29, 1.82) is 0 Å². The van der Waals surface area contributed by atoms with Gasteiger partial charge in [-0.15, -0.1) is 0 Å².